The van der Waals surface area contributed by atoms with Gasteiger partial charge >= 0.3 is 0 Å². The summed E-state index contributed by atoms with van der Waals surface area (Å²) in [5.74, 6) is -0.0426. The van der Waals surface area contributed by atoms with Gasteiger partial charge in [-0.05, 0) is 18.1 Å². The van der Waals surface area contributed by atoms with Crippen LogP contribution in [0.25, 0.3) is 0 Å². The Bertz CT molecular complexity index is 470. The van der Waals surface area contributed by atoms with Crippen LogP contribution in [0, 0.1) is 0 Å². The zero-order chi connectivity index (χ0) is 13.1. The molecular weight excluding hydrogens is 230 g/mol. The van der Waals surface area contributed by atoms with Gasteiger partial charge in [0.05, 0.1) is 0 Å². The van der Waals surface area contributed by atoms with Crippen molar-refractivity contribution in [3.8, 4) is 0 Å². The Kier molecular flexibility index (Phi) is 3.77. The Morgan fingerprint density at radius 1 is 1.50 bits per heavy atom. The van der Waals surface area contributed by atoms with E-state index in [0.29, 0.717) is 18.6 Å². The highest BCUT2D eigenvalue weighted by molar-refractivity contribution is 6.00. The topological polar surface area (TPSA) is 46.6 Å². The van der Waals surface area contributed by atoms with Crippen LogP contribution in [0.2, 0.25) is 0 Å². The largest absolute Gasteiger partial charge is 0.368 e. The van der Waals surface area contributed by atoms with E-state index in [1.807, 2.05) is 13.0 Å². The minimum absolute atomic E-state index is 0.0426. The average Bonchev–Trinajstić information content (AvgIpc) is 2.41. The molecule has 18 heavy (non-hydrogen) atoms. The van der Waals surface area contributed by atoms with Crippen molar-refractivity contribution >= 4 is 17.9 Å². The van der Waals surface area contributed by atoms with Gasteiger partial charge in [-0.2, -0.15) is 0 Å². The normalized spacial score (nSPS) is 18.7. The first-order valence-corrected chi connectivity index (χ1v) is 6.14. The second-order valence-electron chi connectivity index (χ2n) is 4.47. The Labute approximate surface area is 107 Å². The molecule has 0 bridgehead atoms. The van der Waals surface area contributed by atoms with E-state index in [2.05, 4.69) is 0 Å². The molecule has 0 saturated carbocycles. The lowest BCUT2D eigenvalue weighted by Crippen LogP contribution is -2.43. The monoisotopic (exact) mass is 247 g/mol. The van der Waals surface area contributed by atoms with Gasteiger partial charge in [0.15, 0.2) is 0 Å². The molecule has 1 aliphatic heterocycles. The zero-order valence-corrected chi connectivity index (χ0v) is 10.7. The number of carbonyl (C=O) groups is 2. The first kappa shape index (κ1) is 12.8. The fourth-order valence-corrected chi connectivity index (χ4v) is 2.15. The maximum atomic E-state index is 12.1. The summed E-state index contributed by atoms with van der Waals surface area (Å²) in [6, 6.07) is 5.41. The van der Waals surface area contributed by atoms with E-state index in [1.165, 1.54) is 0 Å². The van der Waals surface area contributed by atoms with Crippen molar-refractivity contribution in [3.05, 3.63) is 29.3 Å². The van der Waals surface area contributed by atoms with E-state index >= 15 is 0 Å². The molecule has 0 aliphatic carbocycles. The molecule has 4 heteroatoms. The third-order valence-corrected chi connectivity index (χ3v) is 3.14. The first-order chi connectivity index (χ1) is 8.67. The number of ether oxygens (including phenoxy) is 1. The van der Waals surface area contributed by atoms with Crippen LogP contribution in [0.5, 0.6) is 0 Å². The number of aldehydes is 1. The molecule has 0 aromatic heterocycles. The van der Waals surface area contributed by atoms with Crippen LogP contribution < -0.4 is 4.90 Å². The van der Waals surface area contributed by atoms with Gasteiger partial charge in [-0.25, -0.2) is 0 Å². The lowest BCUT2D eigenvalue weighted by Gasteiger charge is -2.31. The maximum absolute atomic E-state index is 12.1. The highest BCUT2D eigenvalue weighted by Crippen LogP contribution is 2.28. The predicted octanol–water partition coefficient (Wildman–Crippen LogP) is 1.81. The molecule has 1 unspecified atom stereocenters. The van der Waals surface area contributed by atoms with Gasteiger partial charge in [0.25, 0.3) is 5.91 Å². The summed E-state index contributed by atoms with van der Waals surface area (Å²) >= 11 is 0. The summed E-state index contributed by atoms with van der Waals surface area (Å²) in [6.07, 6.45) is 1.87. The Balaban J connectivity index is 2.28. The molecule has 1 atom stereocenters. The van der Waals surface area contributed by atoms with Crippen LogP contribution in [0.4, 0.5) is 5.69 Å². The predicted molar refractivity (Wildman–Crippen MR) is 69.0 cm³/mol. The molecular formula is C14H17NO3. The van der Waals surface area contributed by atoms with Crippen LogP contribution >= 0.6 is 0 Å². The van der Waals surface area contributed by atoms with Crippen molar-refractivity contribution in [3.63, 3.8) is 0 Å². The van der Waals surface area contributed by atoms with Crippen molar-refractivity contribution in [2.75, 3.05) is 18.6 Å². The molecule has 1 aromatic carbocycles. The average molecular weight is 247 g/mol. The summed E-state index contributed by atoms with van der Waals surface area (Å²) in [4.78, 5) is 24.4. The van der Waals surface area contributed by atoms with Gasteiger partial charge in [-0.1, -0.05) is 19.1 Å². The number of amides is 1. The third-order valence-electron chi connectivity index (χ3n) is 3.14. The number of nitrogens with zero attached hydrogens (tertiary/aromatic N) is 1. The number of likely N-dealkylation sites (N-methyl/N-ethyl adjacent to an activating group) is 1. The number of hydrogen-bond donors (Lipinski definition) is 0. The van der Waals surface area contributed by atoms with E-state index in [9.17, 15) is 9.59 Å². The van der Waals surface area contributed by atoms with Crippen LogP contribution in [0.1, 0.15) is 29.3 Å². The van der Waals surface area contributed by atoms with Crippen molar-refractivity contribution in [2.24, 2.45) is 0 Å². The summed E-state index contributed by atoms with van der Waals surface area (Å²) < 4.78 is 5.57. The molecule has 96 valence electrons. The quantitative estimate of drug-likeness (QED) is 0.762. The van der Waals surface area contributed by atoms with Crippen LogP contribution in [-0.2, 0) is 16.0 Å². The first-order valence-electron chi connectivity index (χ1n) is 6.14. The van der Waals surface area contributed by atoms with E-state index in [1.54, 1.807) is 24.1 Å². The number of fused-ring (bicyclic) bond motifs is 1. The van der Waals surface area contributed by atoms with Crippen molar-refractivity contribution in [1.82, 2.24) is 0 Å². The summed E-state index contributed by atoms with van der Waals surface area (Å²) in [7, 11) is 1.72. The summed E-state index contributed by atoms with van der Waals surface area (Å²) in [5.41, 5.74) is 2.44. The fourth-order valence-electron chi connectivity index (χ4n) is 2.15. The second kappa shape index (κ2) is 5.31. The maximum Gasteiger partial charge on any atom is 0.256 e. The van der Waals surface area contributed by atoms with Crippen LogP contribution in [0.3, 0.4) is 0 Å². The second-order valence-corrected chi connectivity index (χ2v) is 4.47. The molecule has 1 amide bonds. The Hall–Kier alpha value is -1.68. The van der Waals surface area contributed by atoms with Gasteiger partial charge < -0.3 is 9.64 Å². The lowest BCUT2D eigenvalue weighted by molar-refractivity contribution is -0.130. The van der Waals surface area contributed by atoms with Gasteiger partial charge in [0, 0.05) is 31.3 Å². The number of anilines is 1. The Morgan fingerprint density at radius 3 is 2.94 bits per heavy atom. The molecule has 0 fully saturated rings. The molecule has 1 aromatic rings. The van der Waals surface area contributed by atoms with Gasteiger partial charge in [-0.3, -0.25) is 9.59 Å². The molecule has 0 N–H and O–H groups in total. The molecule has 0 radical (unpaired) electrons. The third kappa shape index (κ3) is 2.29. The summed E-state index contributed by atoms with van der Waals surface area (Å²) in [5, 5.41) is 0. The molecule has 0 saturated heterocycles. The minimum Gasteiger partial charge on any atom is -0.368 e. The number of benzene rings is 1. The fraction of sp³-hybridized carbons (Fsp3) is 0.429. The summed E-state index contributed by atoms with van der Waals surface area (Å²) in [6.45, 7) is 2.60. The highest BCUT2D eigenvalue weighted by Gasteiger charge is 2.31. The van der Waals surface area contributed by atoms with Crippen molar-refractivity contribution < 1.29 is 14.3 Å². The SMILES string of the molecule is CCCOC1Cc2ccc(C=O)cc2N(C)C1=O. The minimum atomic E-state index is -0.399. The van der Waals surface area contributed by atoms with Gasteiger partial charge in [0.1, 0.15) is 12.4 Å². The molecule has 4 nitrogen and oxygen atoms in total. The van der Waals surface area contributed by atoms with E-state index in [0.717, 1.165) is 24.0 Å². The van der Waals surface area contributed by atoms with Crippen LogP contribution in [0.15, 0.2) is 18.2 Å². The number of hydrogen-bond acceptors (Lipinski definition) is 3. The van der Waals surface area contributed by atoms with Crippen molar-refractivity contribution in [2.45, 2.75) is 25.9 Å². The lowest BCUT2D eigenvalue weighted by atomic mass is 9.98. The number of rotatable bonds is 4. The van der Waals surface area contributed by atoms with E-state index in [4.69, 9.17) is 4.74 Å². The molecule has 1 aliphatic rings. The number of carbonyl (C=O) groups excluding carboxylic acids is 2. The van der Waals surface area contributed by atoms with E-state index < -0.39 is 6.10 Å². The standard InChI is InChI=1S/C14H17NO3/c1-3-6-18-13-8-11-5-4-10(9-16)7-12(11)15(2)14(13)17/h4-5,7,9,13H,3,6,8H2,1-2H3. The Morgan fingerprint density at radius 2 is 2.28 bits per heavy atom. The van der Waals surface area contributed by atoms with E-state index in [-0.39, 0.29) is 5.91 Å². The molecule has 1 heterocycles. The highest BCUT2D eigenvalue weighted by atomic mass is 16.5. The molecule has 0 spiro atoms. The van der Waals surface area contributed by atoms with Crippen LogP contribution in [-0.4, -0.2) is 32.0 Å². The van der Waals surface area contributed by atoms with Gasteiger partial charge in [-0.15, -0.1) is 0 Å². The molecule has 2 rings (SSSR count). The van der Waals surface area contributed by atoms with Crippen molar-refractivity contribution in [1.29, 1.82) is 0 Å². The zero-order valence-electron chi connectivity index (χ0n) is 10.7. The van der Waals surface area contributed by atoms with Gasteiger partial charge in [0.2, 0.25) is 0 Å². The smallest absolute Gasteiger partial charge is 0.256 e.